The third kappa shape index (κ3) is 2.47. The molecule has 0 fully saturated rings. The van der Waals surface area contributed by atoms with Gasteiger partial charge in [-0.2, -0.15) is 0 Å². The molecule has 3 nitrogen and oxygen atoms in total. The summed E-state index contributed by atoms with van der Waals surface area (Å²) in [6, 6.07) is 0. The van der Waals surface area contributed by atoms with Crippen LogP contribution in [0.4, 0.5) is 0 Å². The lowest BCUT2D eigenvalue weighted by Gasteiger charge is -1.97. The Balaban J connectivity index is 3.23. The second-order valence-corrected chi connectivity index (χ2v) is 5.50. The van der Waals surface area contributed by atoms with Gasteiger partial charge in [0.25, 0.3) is 0 Å². The number of aromatic carboxylic acids is 1. The zero-order valence-corrected chi connectivity index (χ0v) is 11.1. The summed E-state index contributed by atoms with van der Waals surface area (Å²) in [6.45, 7) is 3.65. The van der Waals surface area contributed by atoms with E-state index in [1.807, 2.05) is 13.2 Å². The maximum Gasteiger partial charge on any atom is 0.338 e. The van der Waals surface area contributed by atoms with Crippen molar-refractivity contribution in [3.8, 4) is 0 Å². The molecule has 1 aromatic heterocycles. The molecule has 1 rings (SSSR count). The van der Waals surface area contributed by atoms with Gasteiger partial charge in [0, 0.05) is 6.42 Å². The minimum atomic E-state index is -0.950. The first-order valence-electron chi connectivity index (χ1n) is 4.96. The number of hydrogen-bond acceptors (Lipinski definition) is 4. The van der Waals surface area contributed by atoms with Crippen molar-refractivity contribution in [2.45, 2.75) is 30.9 Å². The molecule has 0 aliphatic heterocycles. The van der Waals surface area contributed by atoms with Crippen LogP contribution in [0.1, 0.15) is 45.4 Å². The molecule has 0 aliphatic rings. The molecular formula is C11H14O3S2. The summed E-state index contributed by atoms with van der Waals surface area (Å²) < 4.78 is 0.712. The Kier molecular flexibility index (Phi) is 4.56. The molecule has 0 radical (unpaired) electrons. The van der Waals surface area contributed by atoms with E-state index in [2.05, 4.69) is 0 Å². The molecule has 0 amide bonds. The second-order valence-electron chi connectivity index (χ2n) is 3.40. The number of thiophene rings is 1. The van der Waals surface area contributed by atoms with Crippen LogP contribution in [-0.2, 0) is 0 Å². The summed E-state index contributed by atoms with van der Waals surface area (Å²) in [4.78, 5) is 23.5. The fourth-order valence-electron chi connectivity index (χ4n) is 1.48. The quantitative estimate of drug-likeness (QED) is 0.649. The summed E-state index contributed by atoms with van der Waals surface area (Å²) in [5.41, 5.74) is 0.900. The fourth-order valence-corrected chi connectivity index (χ4v) is 3.51. The third-order valence-corrected chi connectivity index (χ3v) is 4.70. The van der Waals surface area contributed by atoms with E-state index in [-0.39, 0.29) is 11.3 Å². The topological polar surface area (TPSA) is 54.4 Å². The lowest BCUT2D eigenvalue weighted by molar-refractivity contribution is 0.0693. The molecule has 1 heterocycles. The Morgan fingerprint density at radius 3 is 2.44 bits per heavy atom. The Hall–Kier alpha value is -0.810. The van der Waals surface area contributed by atoms with Crippen LogP contribution in [0, 0.1) is 6.92 Å². The van der Waals surface area contributed by atoms with Crippen LogP contribution in [0.5, 0.6) is 0 Å². The van der Waals surface area contributed by atoms with Crippen molar-refractivity contribution in [2.24, 2.45) is 0 Å². The van der Waals surface area contributed by atoms with Crippen molar-refractivity contribution in [1.29, 1.82) is 0 Å². The SMILES string of the molecule is CCCC(=O)c1sc(SC)c(C(=O)O)c1C. The van der Waals surface area contributed by atoms with E-state index >= 15 is 0 Å². The maximum atomic E-state index is 11.8. The monoisotopic (exact) mass is 258 g/mol. The van der Waals surface area contributed by atoms with E-state index in [0.717, 1.165) is 6.42 Å². The highest BCUT2D eigenvalue weighted by molar-refractivity contribution is 8.00. The summed E-state index contributed by atoms with van der Waals surface area (Å²) in [5, 5.41) is 9.08. The van der Waals surface area contributed by atoms with Gasteiger partial charge in [-0.25, -0.2) is 4.79 Å². The molecule has 1 N–H and O–H groups in total. The lowest BCUT2D eigenvalue weighted by Crippen LogP contribution is -2.01. The van der Waals surface area contributed by atoms with Crippen molar-refractivity contribution in [2.75, 3.05) is 6.26 Å². The molecule has 0 atom stereocenters. The fraction of sp³-hybridized carbons (Fsp3) is 0.455. The highest BCUT2D eigenvalue weighted by Gasteiger charge is 2.23. The van der Waals surface area contributed by atoms with Crippen molar-refractivity contribution in [3.05, 3.63) is 16.0 Å². The maximum absolute atomic E-state index is 11.8. The molecule has 0 saturated heterocycles. The highest BCUT2D eigenvalue weighted by Crippen LogP contribution is 2.35. The second kappa shape index (κ2) is 5.50. The van der Waals surface area contributed by atoms with Gasteiger partial charge in [-0.15, -0.1) is 23.1 Å². The van der Waals surface area contributed by atoms with Crippen molar-refractivity contribution < 1.29 is 14.7 Å². The van der Waals surface area contributed by atoms with Gasteiger partial charge in [-0.05, 0) is 25.2 Å². The summed E-state index contributed by atoms with van der Waals surface area (Å²) in [6.07, 6.45) is 3.09. The molecule has 1 aromatic rings. The van der Waals surface area contributed by atoms with Crippen LogP contribution in [0.15, 0.2) is 4.21 Å². The standard InChI is InChI=1S/C11H14O3S2/c1-4-5-7(12)9-6(2)8(10(13)14)11(15-3)16-9/h4-5H2,1-3H3,(H,13,14). The third-order valence-electron chi connectivity index (χ3n) is 2.24. The van der Waals surface area contributed by atoms with Crippen LogP contribution in [0.2, 0.25) is 0 Å². The molecule has 0 aliphatic carbocycles. The predicted octanol–water partition coefficient (Wildman–Crippen LogP) is 3.46. The molecule has 88 valence electrons. The predicted molar refractivity (Wildman–Crippen MR) is 67.0 cm³/mol. The summed E-state index contributed by atoms with van der Waals surface area (Å²) in [7, 11) is 0. The van der Waals surface area contributed by atoms with Crippen molar-refractivity contribution in [3.63, 3.8) is 0 Å². The van der Waals surface area contributed by atoms with Crippen LogP contribution in [0.3, 0.4) is 0 Å². The number of carbonyl (C=O) groups excluding carboxylic acids is 1. The van der Waals surface area contributed by atoms with E-state index in [1.54, 1.807) is 6.92 Å². The van der Waals surface area contributed by atoms with Crippen LogP contribution in [0.25, 0.3) is 0 Å². The molecule has 0 bridgehead atoms. The van der Waals surface area contributed by atoms with Gasteiger partial charge in [0.15, 0.2) is 5.78 Å². The van der Waals surface area contributed by atoms with Gasteiger partial charge in [-0.3, -0.25) is 4.79 Å². The number of thioether (sulfide) groups is 1. The molecule has 0 spiro atoms. The number of Topliss-reactive ketones (excluding diaryl/α,β-unsaturated/α-hetero) is 1. The number of ketones is 1. The van der Waals surface area contributed by atoms with Crippen LogP contribution < -0.4 is 0 Å². The molecule has 5 heteroatoms. The van der Waals surface area contributed by atoms with Gasteiger partial charge in [-0.1, -0.05) is 6.92 Å². The average molecular weight is 258 g/mol. The zero-order chi connectivity index (χ0) is 12.3. The number of carbonyl (C=O) groups is 2. The number of hydrogen-bond donors (Lipinski definition) is 1. The minimum Gasteiger partial charge on any atom is -0.478 e. The molecule has 0 unspecified atom stereocenters. The Morgan fingerprint density at radius 2 is 2.06 bits per heavy atom. The van der Waals surface area contributed by atoms with Crippen molar-refractivity contribution >= 4 is 34.9 Å². The van der Waals surface area contributed by atoms with Gasteiger partial charge in [0.2, 0.25) is 0 Å². The molecule has 0 saturated carbocycles. The van der Waals surface area contributed by atoms with Gasteiger partial charge < -0.3 is 5.11 Å². The molecule has 16 heavy (non-hydrogen) atoms. The molecule has 0 aromatic carbocycles. The molecular weight excluding hydrogens is 244 g/mol. The Labute approximate surface area is 103 Å². The van der Waals surface area contributed by atoms with E-state index in [0.29, 0.717) is 21.1 Å². The van der Waals surface area contributed by atoms with E-state index in [4.69, 9.17) is 5.11 Å². The smallest absolute Gasteiger partial charge is 0.338 e. The largest absolute Gasteiger partial charge is 0.478 e. The van der Waals surface area contributed by atoms with Crippen LogP contribution >= 0.6 is 23.1 Å². The minimum absolute atomic E-state index is 0.0489. The number of carboxylic acid groups (broad SMARTS) is 1. The Bertz CT molecular complexity index is 421. The Morgan fingerprint density at radius 1 is 1.44 bits per heavy atom. The lowest BCUT2D eigenvalue weighted by atomic mass is 10.1. The normalized spacial score (nSPS) is 10.4. The first-order valence-corrected chi connectivity index (χ1v) is 7.00. The number of carboxylic acids is 1. The highest BCUT2D eigenvalue weighted by atomic mass is 32.2. The van der Waals surface area contributed by atoms with Crippen LogP contribution in [-0.4, -0.2) is 23.1 Å². The van der Waals surface area contributed by atoms with E-state index in [1.165, 1.54) is 23.1 Å². The van der Waals surface area contributed by atoms with E-state index < -0.39 is 5.97 Å². The number of rotatable bonds is 5. The summed E-state index contributed by atoms with van der Waals surface area (Å²) >= 11 is 2.67. The van der Waals surface area contributed by atoms with Gasteiger partial charge >= 0.3 is 5.97 Å². The first-order chi connectivity index (χ1) is 7.52. The summed E-state index contributed by atoms with van der Waals surface area (Å²) in [5.74, 6) is -0.901. The average Bonchev–Trinajstić information content (AvgIpc) is 2.55. The van der Waals surface area contributed by atoms with Crippen molar-refractivity contribution in [1.82, 2.24) is 0 Å². The van der Waals surface area contributed by atoms with Gasteiger partial charge in [0.05, 0.1) is 14.6 Å². The first kappa shape index (κ1) is 13.3. The van der Waals surface area contributed by atoms with E-state index in [9.17, 15) is 9.59 Å². The van der Waals surface area contributed by atoms with Gasteiger partial charge in [0.1, 0.15) is 0 Å². The zero-order valence-electron chi connectivity index (χ0n) is 9.49.